The van der Waals surface area contributed by atoms with Crippen LogP contribution in [0.15, 0.2) is 24.3 Å². The molecule has 0 bridgehead atoms. The first-order chi connectivity index (χ1) is 13.0. The van der Waals surface area contributed by atoms with Crippen LogP contribution >= 0.6 is 23.1 Å². The number of hydrogen-bond acceptors (Lipinski definition) is 8. The first-order valence-electron chi connectivity index (χ1n) is 8.27. The number of rotatable bonds is 8. The molecule has 1 N–H and O–H groups in total. The number of esters is 1. The molecule has 2 heterocycles. The standard InChI is InChI=1S/C17H17N3O5S2/c21-13(18-7-8-20-15(22)10-26-17(20)24)9-25-16(23)6-5-14-19-11-3-1-2-4-12(11)27-14/h1-4H,5-10H2,(H,18,21). The van der Waals surface area contributed by atoms with Crippen LogP contribution in [0.3, 0.4) is 0 Å². The molecule has 1 saturated heterocycles. The van der Waals surface area contributed by atoms with E-state index in [0.29, 0.717) is 6.42 Å². The number of carbonyl (C=O) groups excluding carboxylic acids is 4. The molecule has 142 valence electrons. The van der Waals surface area contributed by atoms with E-state index in [-0.39, 0.29) is 36.4 Å². The number of para-hydroxylation sites is 1. The Morgan fingerprint density at radius 2 is 2.07 bits per heavy atom. The summed E-state index contributed by atoms with van der Waals surface area (Å²) < 4.78 is 6.00. The quantitative estimate of drug-likeness (QED) is 0.662. The molecule has 0 atom stereocenters. The largest absolute Gasteiger partial charge is 0.456 e. The number of amides is 3. The zero-order chi connectivity index (χ0) is 19.2. The number of aromatic nitrogens is 1. The normalized spacial score (nSPS) is 14.0. The highest BCUT2D eigenvalue weighted by Crippen LogP contribution is 2.22. The molecule has 3 rings (SSSR count). The summed E-state index contributed by atoms with van der Waals surface area (Å²) in [7, 11) is 0. The van der Waals surface area contributed by atoms with Crippen LogP contribution in [-0.2, 0) is 25.5 Å². The summed E-state index contributed by atoms with van der Waals surface area (Å²) in [6.45, 7) is -0.155. The molecule has 3 amide bonds. The lowest BCUT2D eigenvalue weighted by atomic mass is 10.3. The minimum Gasteiger partial charge on any atom is -0.456 e. The molecule has 8 nitrogen and oxygen atoms in total. The number of hydrogen-bond donors (Lipinski definition) is 1. The average molecular weight is 407 g/mol. The molecule has 0 saturated carbocycles. The topological polar surface area (TPSA) is 106 Å². The summed E-state index contributed by atoms with van der Waals surface area (Å²) in [6.07, 6.45) is 0.595. The molecule has 10 heteroatoms. The highest BCUT2D eigenvalue weighted by atomic mass is 32.2. The third-order valence-electron chi connectivity index (χ3n) is 3.74. The van der Waals surface area contributed by atoms with Gasteiger partial charge >= 0.3 is 5.97 Å². The van der Waals surface area contributed by atoms with E-state index < -0.39 is 18.5 Å². The number of nitrogens with one attached hydrogen (secondary N) is 1. The minimum absolute atomic E-state index is 0.113. The Hall–Kier alpha value is -2.46. The second kappa shape index (κ2) is 8.96. The van der Waals surface area contributed by atoms with E-state index in [1.165, 1.54) is 11.3 Å². The van der Waals surface area contributed by atoms with Gasteiger partial charge in [0, 0.05) is 19.5 Å². The van der Waals surface area contributed by atoms with E-state index in [4.69, 9.17) is 4.74 Å². The van der Waals surface area contributed by atoms with Crippen molar-refractivity contribution >= 4 is 56.3 Å². The molecule has 0 unspecified atom stereocenters. The Morgan fingerprint density at radius 1 is 1.26 bits per heavy atom. The van der Waals surface area contributed by atoms with E-state index >= 15 is 0 Å². The Morgan fingerprint density at radius 3 is 2.81 bits per heavy atom. The Labute approximate surface area is 163 Å². The summed E-state index contributed by atoms with van der Waals surface area (Å²) in [5.41, 5.74) is 0.901. The molecule has 1 aromatic carbocycles. The SMILES string of the molecule is O=C(COC(=O)CCc1nc2ccccc2s1)NCCN1C(=O)CSC1=O. The second-order valence-corrected chi connectivity index (χ2v) is 7.73. The van der Waals surface area contributed by atoms with Crippen LogP contribution in [0.4, 0.5) is 4.79 Å². The van der Waals surface area contributed by atoms with Gasteiger partial charge in [0.15, 0.2) is 6.61 Å². The van der Waals surface area contributed by atoms with Crippen molar-refractivity contribution in [3.63, 3.8) is 0 Å². The maximum absolute atomic E-state index is 11.8. The fraction of sp³-hybridized carbons (Fsp3) is 0.353. The van der Waals surface area contributed by atoms with Crippen molar-refractivity contribution < 1.29 is 23.9 Å². The maximum atomic E-state index is 11.8. The van der Waals surface area contributed by atoms with Gasteiger partial charge in [0.25, 0.3) is 11.1 Å². The molecule has 2 aromatic rings. The van der Waals surface area contributed by atoms with Crippen molar-refractivity contribution in [1.29, 1.82) is 0 Å². The third kappa shape index (κ3) is 5.27. The van der Waals surface area contributed by atoms with Crippen molar-refractivity contribution in [3.8, 4) is 0 Å². The number of thiazole rings is 1. The van der Waals surface area contributed by atoms with Gasteiger partial charge < -0.3 is 10.1 Å². The smallest absolute Gasteiger partial charge is 0.306 e. The van der Waals surface area contributed by atoms with Crippen molar-refractivity contribution in [2.45, 2.75) is 12.8 Å². The molecule has 0 radical (unpaired) electrons. The molecule has 1 aliphatic rings. The van der Waals surface area contributed by atoms with Gasteiger partial charge in [-0.2, -0.15) is 0 Å². The molecule has 1 fully saturated rings. The zero-order valence-electron chi connectivity index (χ0n) is 14.3. The number of fused-ring (bicyclic) bond motifs is 1. The lowest BCUT2D eigenvalue weighted by Crippen LogP contribution is -2.38. The van der Waals surface area contributed by atoms with Crippen LogP contribution in [-0.4, -0.2) is 58.4 Å². The van der Waals surface area contributed by atoms with Crippen LogP contribution in [0.25, 0.3) is 10.2 Å². The van der Waals surface area contributed by atoms with E-state index in [9.17, 15) is 19.2 Å². The van der Waals surface area contributed by atoms with Gasteiger partial charge in [0.05, 0.1) is 27.4 Å². The summed E-state index contributed by atoms with van der Waals surface area (Å²) in [6, 6.07) is 7.74. The lowest BCUT2D eigenvalue weighted by molar-refractivity contribution is -0.148. The fourth-order valence-corrected chi connectivity index (χ4v) is 4.13. The van der Waals surface area contributed by atoms with E-state index in [0.717, 1.165) is 31.9 Å². The van der Waals surface area contributed by atoms with E-state index in [1.807, 2.05) is 24.3 Å². The highest BCUT2D eigenvalue weighted by molar-refractivity contribution is 8.14. The second-order valence-electron chi connectivity index (χ2n) is 5.69. The van der Waals surface area contributed by atoms with Crippen LogP contribution in [0.5, 0.6) is 0 Å². The van der Waals surface area contributed by atoms with Crippen LogP contribution < -0.4 is 5.32 Å². The number of aryl methyl sites for hydroxylation is 1. The number of ether oxygens (including phenoxy) is 1. The summed E-state index contributed by atoms with van der Waals surface area (Å²) in [4.78, 5) is 51.8. The summed E-state index contributed by atoms with van der Waals surface area (Å²) in [5.74, 6) is -1.08. The highest BCUT2D eigenvalue weighted by Gasteiger charge is 2.29. The molecule has 1 aliphatic heterocycles. The number of nitrogens with zero attached hydrogens (tertiary/aromatic N) is 2. The Balaban J connectivity index is 1.33. The van der Waals surface area contributed by atoms with Gasteiger partial charge in [0.2, 0.25) is 5.91 Å². The van der Waals surface area contributed by atoms with Gasteiger partial charge in [-0.05, 0) is 12.1 Å². The van der Waals surface area contributed by atoms with Gasteiger partial charge in [-0.15, -0.1) is 11.3 Å². The van der Waals surface area contributed by atoms with Gasteiger partial charge in [-0.3, -0.25) is 24.1 Å². The van der Waals surface area contributed by atoms with Crippen molar-refractivity contribution in [3.05, 3.63) is 29.3 Å². The van der Waals surface area contributed by atoms with Crippen LogP contribution in [0.2, 0.25) is 0 Å². The average Bonchev–Trinajstić information content (AvgIpc) is 3.22. The zero-order valence-corrected chi connectivity index (χ0v) is 15.9. The Kier molecular flexibility index (Phi) is 6.40. The van der Waals surface area contributed by atoms with Gasteiger partial charge in [-0.1, -0.05) is 23.9 Å². The predicted molar refractivity (Wildman–Crippen MR) is 101 cm³/mol. The first kappa shape index (κ1) is 19.3. The lowest BCUT2D eigenvalue weighted by Gasteiger charge is -2.13. The summed E-state index contributed by atoms with van der Waals surface area (Å²) in [5, 5.41) is 3.05. The molecular formula is C17H17N3O5S2. The monoisotopic (exact) mass is 407 g/mol. The number of carbonyl (C=O) groups is 4. The van der Waals surface area contributed by atoms with Crippen LogP contribution in [0.1, 0.15) is 11.4 Å². The number of benzene rings is 1. The maximum Gasteiger partial charge on any atom is 0.306 e. The first-order valence-corrected chi connectivity index (χ1v) is 10.1. The molecular weight excluding hydrogens is 390 g/mol. The Bertz CT molecular complexity index is 833. The van der Waals surface area contributed by atoms with Crippen LogP contribution in [0, 0.1) is 0 Å². The molecule has 1 aromatic heterocycles. The van der Waals surface area contributed by atoms with Gasteiger partial charge in [-0.25, -0.2) is 4.98 Å². The van der Waals surface area contributed by atoms with Crippen molar-refractivity contribution in [2.75, 3.05) is 25.4 Å². The molecule has 27 heavy (non-hydrogen) atoms. The third-order valence-corrected chi connectivity index (χ3v) is 5.70. The number of thioether (sulfide) groups is 1. The fourth-order valence-electron chi connectivity index (χ4n) is 2.41. The summed E-state index contributed by atoms with van der Waals surface area (Å²) >= 11 is 2.47. The molecule has 0 spiro atoms. The van der Waals surface area contributed by atoms with E-state index in [2.05, 4.69) is 10.3 Å². The van der Waals surface area contributed by atoms with Crippen molar-refractivity contribution in [2.24, 2.45) is 0 Å². The van der Waals surface area contributed by atoms with Gasteiger partial charge in [0.1, 0.15) is 0 Å². The van der Waals surface area contributed by atoms with E-state index in [1.54, 1.807) is 0 Å². The van der Waals surface area contributed by atoms with Crippen molar-refractivity contribution in [1.82, 2.24) is 15.2 Å². The number of imide groups is 1. The minimum atomic E-state index is -0.481. The predicted octanol–water partition coefficient (Wildman–Crippen LogP) is 1.58. The molecule has 0 aliphatic carbocycles.